The van der Waals surface area contributed by atoms with E-state index in [1.165, 1.54) is 0 Å². The first-order valence-electron chi connectivity index (χ1n) is 7.02. The standard InChI is InChI=1S/C18H16N2OS/c1-20(11-14-7-9-15(12-21)10-8-14)18-19-17(13-22-18)16-5-3-2-4-6-16/h2-10,12-13H,11H2,1H3. The fraction of sp³-hybridized carbons (Fsp3) is 0.111. The molecule has 0 atom stereocenters. The van der Waals surface area contributed by atoms with Crippen LogP contribution in [0.2, 0.25) is 0 Å². The number of anilines is 1. The third-order valence-electron chi connectivity index (χ3n) is 3.42. The molecule has 0 N–H and O–H groups in total. The van der Waals surface area contributed by atoms with Gasteiger partial charge in [0, 0.05) is 30.1 Å². The number of hydrogen-bond donors (Lipinski definition) is 0. The minimum Gasteiger partial charge on any atom is -0.347 e. The minimum absolute atomic E-state index is 0.701. The summed E-state index contributed by atoms with van der Waals surface area (Å²) in [6.45, 7) is 0.765. The van der Waals surface area contributed by atoms with Gasteiger partial charge in [-0.1, -0.05) is 54.6 Å². The number of carbonyl (C=O) groups excluding carboxylic acids is 1. The topological polar surface area (TPSA) is 33.2 Å². The second-order valence-corrected chi connectivity index (χ2v) is 5.93. The Morgan fingerprint density at radius 2 is 1.82 bits per heavy atom. The van der Waals surface area contributed by atoms with Gasteiger partial charge in [-0.2, -0.15) is 0 Å². The zero-order valence-electron chi connectivity index (χ0n) is 12.3. The Balaban J connectivity index is 1.73. The molecule has 1 heterocycles. The fourth-order valence-corrected chi connectivity index (χ4v) is 3.03. The van der Waals surface area contributed by atoms with Gasteiger partial charge in [0.1, 0.15) is 6.29 Å². The molecule has 0 amide bonds. The van der Waals surface area contributed by atoms with Crippen LogP contribution in [-0.2, 0) is 6.54 Å². The summed E-state index contributed by atoms with van der Waals surface area (Å²) in [6.07, 6.45) is 0.862. The summed E-state index contributed by atoms with van der Waals surface area (Å²) in [7, 11) is 2.03. The van der Waals surface area contributed by atoms with E-state index >= 15 is 0 Å². The molecule has 2 aromatic carbocycles. The van der Waals surface area contributed by atoms with Crippen molar-refractivity contribution in [2.24, 2.45) is 0 Å². The molecule has 3 aromatic rings. The number of benzene rings is 2. The highest BCUT2D eigenvalue weighted by Crippen LogP contribution is 2.27. The maximum atomic E-state index is 10.7. The largest absolute Gasteiger partial charge is 0.347 e. The van der Waals surface area contributed by atoms with Crippen molar-refractivity contribution in [1.29, 1.82) is 0 Å². The number of thiazole rings is 1. The van der Waals surface area contributed by atoms with Crippen LogP contribution in [0, 0.1) is 0 Å². The van der Waals surface area contributed by atoms with Gasteiger partial charge in [0.2, 0.25) is 0 Å². The molecule has 0 saturated carbocycles. The molecule has 0 aliphatic carbocycles. The van der Waals surface area contributed by atoms with Crippen LogP contribution < -0.4 is 4.90 Å². The molecule has 22 heavy (non-hydrogen) atoms. The molecule has 0 bridgehead atoms. The van der Waals surface area contributed by atoms with Crippen LogP contribution in [0.5, 0.6) is 0 Å². The van der Waals surface area contributed by atoms with Gasteiger partial charge >= 0.3 is 0 Å². The summed E-state index contributed by atoms with van der Waals surface area (Å²) < 4.78 is 0. The van der Waals surface area contributed by atoms with E-state index in [4.69, 9.17) is 4.98 Å². The second-order valence-electron chi connectivity index (χ2n) is 5.10. The fourth-order valence-electron chi connectivity index (χ4n) is 2.22. The minimum atomic E-state index is 0.701. The van der Waals surface area contributed by atoms with Crippen LogP contribution in [-0.4, -0.2) is 18.3 Å². The molecule has 0 fully saturated rings. The Labute approximate surface area is 133 Å². The molecule has 0 spiro atoms. The van der Waals surface area contributed by atoms with Gasteiger partial charge in [-0.3, -0.25) is 4.79 Å². The highest BCUT2D eigenvalue weighted by Gasteiger charge is 2.09. The molecular weight excluding hydrogens is 292 g/mol. The third-order valence-corrected chi connectivity index (χ3v) is 4.38. The Bertz CT molecular complexity index is 750. The predicted molar refractivity (Wildman–Crippen MR) is 91.5 cm³/mol. The lowest BCUT2D eigenvalue weighted by Crippen LogP contribution is -2.16. The number of carbonyl (C=O) groups is 1. The molecule has 3 rings (SSSR count). The predicted octanol–water partition coefficient (Wildman–Crippen LogP) is 4.26. The number of nitrogens with zero attached hydrogens (tertiary/aromatic N) is 2. The van der Waals surface area contributed by atoms with Crippen LogP contribution in [0.15, 0.2) is 60.0 Å². The van der Waals surface area contributed by atoms with E-state index in [-0.39, 0.29) is 0 Å². The van der Waals surface area contributed by atoms with Crippen LogP contribution in [0.1, 0.15) is 15.9 Å². The summed E-state index contributed by atoms with van der Waals surface area (Å²) in [6, 6.07) is 17.8. The lowest BCUT2D eigenvalue weighted by atomic mass is 10.1. The van der Waals surface area contributed by atoms with Gasteiger partial charge in [-0.25, -0.2) is 4.98 Å². The van der Waals surface area contributed by atoms with E-state index in [9.17, 15) is 4.79 Å². The number of aromatic nitrogens is 1. The van der Waals surface area contributed by atoms with E-state index in [0.29, 0.717) is 5.56 Å². The molecule has 1 aromatic heterocycles. The van der Waals surface area contributed by atoms with Gasteiger partial charge < -0.3 is 4.90 Å². The first kappa shape index (κ1) is 14.5. The Morgan fingerprint density at radius 1 is 1.09 bits per heavy atom. The van der Waals surface area contributed by atoms with Crippen LogP contribution in [0.4, 0.5) is 5.13 Å². The Morgan fingerprint density at radius 3 is 2.50 bits per heavy atom. The van der Waals surface area contributed by atoms with Gasteiger partial charge in [0.25, 0.3) is 0 Å². The maximum absolute atomic E-state index is 10.7. The van der Waals surface area contributed by atoms with E-state index in [0.717, 1.165) is 34.8 Å². The van der Waals surface area contributed by atoms with E-state index in [2.05, 4.69) is 22.4 Å². The van der Waals surface area contributed by atoms with Gasteiger partial charge in [-0.15, -0.1) is 11.3 Å². The molecule has 110 valence electrons. The summed E-state index contributed by atoms with van der Waals surface area (Å²) in [5.41, 5.74) is 3.99. The molecule has 0 unspecified atom stereocenters. The van der Waals surface area contributed by atoms with Crippen molar-refractivity contribution in [2.75, 3.05) is 11.9 Å². The molecule has 4 heteroatoms. The van der Waals surface area contributed by atoms with Crippen molar-refractivity contribution < 1.29 is 4.79 Å². The summed E-state index contributed by atoms with van der Waals surface area (Å²) in [5.74, 6) is 0. The summed E-state index contributed by atoms with van der Waals surface area (Å²) >= 11 is 1.64. The van der Waals surface area contributed by atoms with E-state index < -0.39 is 0 Å². The molecule has 0 aliphatic heterocycles. The smallest absolute Gasteiger partial charge is 0.185 e. The zero-order chi connectivity index (χ0) is 15.4. The highest BCUT2D eigenvalue weighted by atomic mass is 32.1. The molecule has 0 radical (unpaired) electrons. The monoisotopic (exact) mass is 308 g/mol. The highest BCUT2D eigenvalue weighted by molar-refractivity contribution is 7.14. The van der Waals surface area contributed by atoms with Crippen molar-refractivity contribution in [1.82, 2.24) is 4.98 Å². The number of rotatable bonds is 5. The average Bonchev–Trinajstić information content (AvgIpc) is 3.06. The van der Waals surface area contributed by atoms with Crippen molar-refractivity contribution in [3.8, 4) is 11.3 Å². The summed E-state index contributed by atoms with van der Waals surface area (Å²) in [4.78, 5) is 17.5. The van der Waals surface area contributed by atoms with Crippen LogP contribution >= 0.6 is 11.3 Å². The average molecular weight is 308 g/mol. The normalized spacial score (nSPS) is 10.4. The van der Waals surface area contributed by atoms with Gasteiger partial charge in [0.15, 0.2) is 5.13 Å². The van der Waals surface area contributed by atoms with Crippen LogP contribution in [0.25, 0.3) is 11.3 Å². The van der Waals surface area contributed by atoms with Crippen molar-refractivity contribution >= 4 is 22.8 Å². The SMILES string of the molecule is CN(Cc1ccc(C=O)cc1)c1nc(-c2ccccc2)cs1. The molecule has 0 saturated heterocycles. The van der Waals surface area contributed by atoms with E-state index in [1.807, 2.05) is 49.5 Å². The van der Waals surface area contributed by atoms with Crippen molar-refractivity contribution in [3.05, 3.63) is 71.1 Å². The molecule has 3 nitrogen and oxygen atoms in total. The van der Waals surface area contributed by atoms with Crippen molar-refractivity contribution in [3.63, 3.8) is 0 Å². The van der Waals surface area contributed by atoms with E-state index in [1.54, 1.807) is 11.3 Å². The Hall–Kier alpha value is -2.46. The number of hydrogen-bond acceptors (Lipinski definition) is 4. The quantitative estimate of drug-likeness (QED) is 0.660. The second kappa shape index (κ2) is 6.54. The third kappa shape index (κ3) is 3.23. The van der Waals surface area contributed by atoms with Gasteiger partial charge in [0.05, 0.1) is 5.69 Å². The van der Waals surface area contributed by atoms with Crippen LogP contribution in [0.3, 0.4) is 0 Å². The lowest BCUT2D eigenvalue weighted by Gasteiger charge is -2.15. The van der Waals surface area contributed by atoms with Gasteiger partial charge in [-0.05, 0) is 5.56 Å². The maximum Gasteiger partial charge on any atom is 0.185 e. The lowest BCUT2D eigenvalue weighted by molar-refractivity contribution is 0.112. The Kier molecular flexibility index (Phi) is 4.30. The zero-order valence-corrected chi connectivity index (χ0v) is 13.1. The first-order chi connectivity index (χ1) is 10.8. The van der Waals surface area contributed by atoms with Crippen molar-refractivity contribution in [2.45, 2.75) is 6.54 Å². The molecular formula is C18H16N2OS. The molecule has 0 aliphatic rings. The first-order valence-corrected chi connectivity index (χ1v) is 7.90. The number of aldehydes is 1. The summed E-state index contributed by atoms with van der Waals surface area (Å²) in [5, 5.41) is 3.06.